The lowest BCUT2D eigenvalue weighted by atomic mass is 10.1. The van der Waals surface area contributed by atoms with Crippen LogP contribution in [0.3, 0.4) is 0 Å². The molecule has 8 nitrogen and oxygen atoms in total. The number of para-hydroxylation sites is 1. The smallest absolute Gasteiger partial charge is 0.330 e. The van der Waals surface area contributed by atoms with Crippen LogP contribution >= 0.6 is 0 Å². The Balaban J connectivity index is 2.08. The van der Waals surface area contributed by atoms with Gasteiger partial charge in [-0.05, 0) is 18.1 Å². The SMILES string of the molecule is CCCCn1c(N)c(N(Cc2ccccc2)C(=O)Cc2ccccc2OC)c(=O)[nH]c1=O. The number of aromatic nitrogens is 2. The molecule has 0 spiro atoms. The van der Waals surface area contributed by atoms with E-state index >= 15 is 0 Å². The second-order valence-electron chi connectivity index (χ2n) is 7.45. The van der Waals surface area contributed by atoms with Crippen LogP contribution in [0, 0.1) is 0 Å². The van der Waals surface area contributed by atoms with Crippen LogP contribution in [0.4, 0.5) is 11.5 Å². The molecule has 0 aliphatic heterocycles. The van der Waals surface area contributed by atoms with Crippen LogP contribution in [-0.4, -0.2) is 22.6 Å². The van der Waals surface area contributed by atoms with Gasteiger partial charge in [-0.15, -0.1) is 0 Å². The largest absolute Gasteiger partial charge is 0.496 e. The number of carbonyl (C=O) groups is 1. The number of carbonyl (C=O) groups excluding carboxylic acids is 1. The van der Waals surface area contributed by atoms with Gasteiger partial charge >= 0.3 is 5.69 Å². The summed E-state index contributed by atoms with van der Waals surface area (Å²) in [6.45, 7) is 2.48. The molecule has 3 N–H and O–H groups in total. The third-order valence-electron chi connectivity index (χ3n) is 5.24. The molecule has 1 amide bonds. The molecule has 3 aromatic rings. The number of anilines is 2. The minimum Gasteiger partial charge on any atom is -0.496 e. The first-order valence-corrected chi connectivity index (χ1v) is 10.5. The maximum Gasteiger partial charge on any atom is 0.330 e. The Morgan fingerprint density at radius 2 is 1.78 bits per heavy atom. The van der Waals surface area contributed by atoms with Crippen molar-refractivity contribution in [1.82, 2.24) is 9.55 Å². The summed E-state index contributed by atoms with van der Waals surface area (Å²) in [7, 11) is 1.54. The summed E-state index contributed by atoms with van der Waals surface area (Å²) in [4.78, 5) is 42.3. The van der Waals surface area contributed by atoms with Crippen molar-refractivity contribution >= 4 is 17.4 Å². The molecule has 32 heavy (non-hydrogen) atoms. The molecule has 2 aromatic carbocycles. The van der Waals surface area contributed by atoms with Crippen molar-refractivity contribution in [3.63, 3.8) is 0 Å². The summed E-state index contributed by atoms with van der Waals surface area (Å²) >= 11 is 0. The molecule has 3 rings (SSSR count). The molecule has 8 heteroatoms. The first kappa shape index (κ1) is 22.9. The van der Waals surface area contributed by atoms with Crippen LogP contribution in [0.5, 0.6) is 5.75 Å². The molecule has 0 aliphatic rings. The van der Waals surface area contributed by atoms with Gasteiger partial charge in [-0.25, -0.2) is 4.79 Å². The Kier molecular flexibility index (Phi) is 7.49. The summed E-state index contributed by atoms with van der Waals surface area (Å²) in [5, 5.41) is 0. The van der Waals surface area contributed by atoms with Crippen molar-refractivity contribution in [2.75, 3.05) is 17.7 Å². The van der Waals surface area contributed by atoms with E-state index in [1.165, 1.54) is 16.6 Å². The van der Waals surface area contributed by atoms with Crippen molar-refractivity contribution in [2.24, 2.45) is 0 Å². The normalized spacial score (nSPS) is 10.7. The van der Waals surface area contributed by atoms with Crippen LogP contribution in [-0.2, 0) is 24.3 Å². The fraction of sp³-hybridized carbons (Fsp3) is 0.292. The number of nitrogens with two attached hydrogens (primary N) is 1. The van der Waals surface area contributed by atoms with Crippen molar-refractivity contribution in [2.45, 2.75) is 39.3 Å². The average molecular weight is 437 g/mol. The van der Waals surface area contributed by atoms with Gasteiger partial charge in [0.1, 0.15) is 11.6 Å². The lowest BCUT2D eigenvalue weighted by molar-refractivity contribution is -0.118. The van der Waals surface area contributed by atoms with E-state index in [0.29, 0.717) is 24.3 Å². The molecule has 0 saturated heterocycles. The predicted molar refractivity (Wildman–Crippen MR) is 125 cm³/mol. The number of hydrogen-bond donors (Lipinski definition) is 2. The number of hydrogen-bond acceptors (Lipinski definition) is 5. The highest BCUT2D eigenvalue weighted by Gasteiger charge is 2.25. The maximum absolute atomic E-state index is 13.5. The van der Waals surface area contributed by atoms with E-state index in [0.717, 1.165) is 12.0 Å². The molecular formula is C24H28N4O4. The van der Waals surface area contributed by atoms with E-state index in [-0.39, 0.29) is 30.4 Å². The van der Waals surface area contributed by atoms with E-state index in [9.17, 15) is 14.4 Å². The van der Waals surface area contributed by atoms with Crippen molar-refractivity contribution < 1.29 is 9.53 Å². The van der Waals surface area contributed by atoms with Crippen LogP contribution in [0.1, 0.15) is 30.9 Å². The zero-order chi connectivity index (χ0) is 23.1. The second kappa shape index (κ2) is 10.5. The minimum absolute atomic E-state index is 0.00378. The highest BCUT2D eigenvalue weighted by Crippen LogP contribution is 2.24. The van der Waals surface area contributed by atoms with Crippen molar-refractivity contribution in [1.29, 1.82) is 0 Å². The summed E-state index contributed by atoms with van der Waals surface area (Å²) < 4.78 is 6.68. The molecule has 0 bridgehead atoms. The molecular weight excluding hydrogens is 408 g/mol. The van der Waals surface area contributed by atoms with E-state index in [2.05, 4.69) is 4.98 Å². The van der Waals surface area contributed by atoms with Crippen LogP contribution in [0.2, 0.25) is 0 Å². The summed E-state index contributed by atoms with van der Waals surface area (Å²) in [6, 6.07) is 16.5. The number of H-pyrrole nitrogens is 1. The highest BCUT2D eigenvalue weighted by molar-refractivity contribution is 5.97. The van der Waals surface area contributed by atoms with E-state index in [1.807, 2.05) is 49.4 Å². The van der Waals surface area contributed by atoms with Gasteiger partial charge in [-0.1, -0.05) is 61.9 Å². The predicted octanol–water partition coefficient (Wildman–Crippen LogP) is 2.70. The molecule has 0 saturated carbocycles. The maximum atomic E-state index is 13.5. The van der Waals surface area contributed by atoms with Gasteiger partial charge < -0.3 is 10.5 Å². The van der Waals surface area contributed by atoms with Gasteiger partial charge in [-0.2, -0.15) is 0 Å². The third-order valence-corrected chi connectivity index (χ3v) is 5.24. The molecule has 0 aliphatic carbocycles. The zero-order valence-corrected chi connectivity index (χ0v) is 18.3. The van der Waals surface area contributed by atoms with Crippen LogP contribution in [0.15, 0.2) is 64.2 Å². The summed E-state index contributed by atoms with van der Waals surface area (Å²) in [6.07, 6.45) is 1.56. The average Bonchev–Trinajstić information content (AvgIpc) is 2.79. The number of benzene rings is 2. The Morgan fingerprint density at radius 1 is 1.09 bits per heavy atom. The number of unbranched alkanes of at least 4 members (excludes halogenated alkanes) is 1. The van der Waals surface area contributed by atoms with Gasteiger partial charge in [0.05, 0.1) is 20.1 Å². The highest BCUT2D eigenvalue weighted by atomic mass is 16.5. The topological polar surface area (TPSA) is 110 Å². The van der Waals surface area contributed by atoms with Crippen LogP contribution in [0.25, 0.3) is 0 Å². The molecule has 168 valence electrons. The van der Waals surface area contributed by atoms with E-state index < -0.39 is 11.2 Å². The number of aromatic amines is 1. The summed E-state index contributed by atoms with van der Waals surface area (Å²) in [5.74, 6) is 0.225. The number of nitrogen functional groups attached to an aromatic ring is 1. The molecule has 0 radical (unpaired) electrons. The van der Waals surface area contributed by atoms with E-state index in [4.69, 9.17) is 10.5 Å². The minimum atomic E-state index is -0.690. The first-order chi connectivity index (χ1) is 15.5. The van der Waals surface area contributed by atoms with Gasteiger partial charge in [0.15, 0.2) is 5.69 Å². The lowest BCUT2D eigenvalue weighted by Gasteiger charge is -2.25. The monoisotopic (exact) mass is 436 g/mol. The first-order valence-electron chi connectivity index (χ1n) is 10.5. The number of amides is 1. The fourth-order valence-electron chi connectivity index (χ4n) is 3.54. The number of ether oxygens (including phenoxy) is 1. The number of rotatable bonds is 9. The van der Waals surface area contributed by atoms with Crippen molar-refractivity contribution in [3.8, 4) is 5.75 Å². The van der Waals surface area contributed by atoms with Gasteiger partial charge in [0.25, 0.3) is 5.56 Å². The second-order valence-corrected chi connectivity index (χ2v) is 7.45. The zero-order valence-electron chi connectivity index (χ0n) is 18.3. The Hall–Kier alpha value is -3.81. The van der Waals surface area contributed by atoms with Gasteiger partial charge in [0, 0.05) is 12.1 Å². The number of methoxy groups -OCH3 is 1. The van der Waals surface area contributed by atoms with E-state index in [1.54, 1.807) is 12.1 Å². The van der Waals surface area contributed by atoms with Gasteiger partial charge in [-0.3, -0.25) is 24.0 Å². The number of nitrogens with zero attached hydrogens (tertiary/aromatic N) is 2. The third kappa shape index (κ3) is 5.08. The van der Waals surface area contributed by atoms with Gasteiger partial charge in [0.2, 0.25) is 5.91 Å². The Bertz CT molecular complexity index is 1180. The summed E-state index contributed by atoms with van der Waals surface area (Å²) in [5.41, 5.74) is 6.51. The Morgan fingerprint density at radius 3 is 2.47 bits per heavy atom. The van der Waals surface area contributed by atoms with Crippen molar-refractivity contribution in [3.05, 3.63) is 86.6 Å². The molecule has 0 atom stereocenters. The molecule has 0 fully saturated rings. The fourth-order valence-corrected chi connectivity index (χ4v) is 3.54. The molecule has 1 aromatic heterocycles. The lowest BCUT2D eigenvalue weighted by Crippen LogP contribution is -2.41. The molecule has 1 heterocycles. The quantitative estimate of drug-likeness (QED) is 0.536. The standard InChI is InChI=1S/C24H28N4O4/c1-3-4-14-27-22(25)21(23(30)26-24(27)31)28(16-17-10-6-5-7-11-17)20(29)15-18-12-8-9-13-19(18)32-2/h5-13H,3-4,14-16,25H2,1-2H3,(H,26,30,31). The number of nitrogens with one attached hydrogen (secondary N) is 1. The molecule has 0 unspecified atom stereocenters. The van der Waals surface area contributed by atoms with Crippen LogP contribution < -0.4 is 26.6 Å². The Labute approximate surface area is 186 Å².